The summed E-state index contributed by atoms with van der Waals surface area (Å²) >= 11 is 6.38. The lowest BCUT2D eigenvalue weighted by Crippen LogP contribution is -2.41. The quantitative estimate of drug-likeness (QED) is 0.476. The summed E-state index contributed by atoms with van der Waals surface area (Å²) in [6.07, 6.45) is 3.13. The second-order valence-corrected chi connectivity index (χ2v) is 8.61. The minimum absolute atomic E-state index is 0.287. The van der Waals surface area contributed by atoms with Crippen LogP contribution in [0.3, 0.4) is 0 Å². The van der Waals surface area contributed by atoms with Gasteiger partial charge < -0.3 is 10.0 Å². The van der Waals surface area contributed by atoms with Crippen LogP contribution in [0.5, 0.6) is 0 Å². The van der Waals surface area contributed by atoms with Crippen molar-refractivity contribution in [1.29, 1.82) is 0 Å². The molecule has 0 aliphatic carbocycles. The van der Waals surface area contributed by atoms with Crippen LogP contribution in [0.4, 0.5) is 0 Å². The van der Waals surface area contributed by atoms with E-state index < -0.39 is 12.0 Å². The van der Waals surface area contributed by atoms with Gasteiger partial charge in [0.2, 0.25) is 0 Å². The fraction of sp³-hybridized carbons (Fsp3) is 0.259. The molecule has 1 heterocycles. The monoisotopic (exact) mass is 447 g/mol. The predicted molar refractivity (Wildman–Crippen MR) is 127 cm³/mol. The molecule has 1 aliphatic heterocycles. The number of carbonyl (C=O) groups is 2. The lowest BCUT2D eigenvalue weighted by atomic mass is 10.0. The summed E-state index contributed by atoms with van der Waals surface area (Å²) in [6.45, 7) is 2.16. The third-order valence-corrected chi connectivity index (χ3v) is 6.47. The minimum Gasteiger partial charge on any atom is -0.480 e. The molecular formula is C27H26ClNO3. The van der Waals surface area contributed by atoms with Crippen LogP contribution in [0.25, 0.3) is 11.1 Å². The number of carboxylic acid groups (broad SMARTS) is 1. The Morgan fingerprint density at radius 3 is 2.16 bits per heavy atom. The Hall–Kier alpha value is -3.11. The second-order valence-electron chi connectivity index (χ2n) is 8.21. The standard InChI is InChI=1S/C27H26ClNO3/c1-2-5-18-8-10-19(11-9-18)20-12-14-21(15-13-20)26(30)29-24(16-17-25(29)27(31)32)22-6-3-4-7-23(22)28/h3-4,6-15,24-25H,2,5,16-17H2,1H3,(H,31,32)/t24-,25+/m1/s1. The van der Waals surface area contributed by atoms with Crippen LogP contribution in [0.1, 0.15) is 53.7 Å². The molecule has 4 rings (SSSR count). The minimum atomic E-state index is -0.989. The SMILES string of the molecule is CCCc1ccc(-c2ccc(C(=O)N3[C@@H](c4ccccc4Cl)CC[C@H]3C(=O)O)cc2)cc1. The van der Waals surface area contributed by atoms with Crippen molar-refractivity contribution in [2.45, 2.75) is 44.7 Å². The number of carboxylic acids is 1. The third kappa shape index (κ3) is 4.42. The van der Waals surface area contributed by atoms with Gasteiger partial charge in [0.15, 0.2) is 0 Å². The van der Waals surface area contributed by atoms with Gasteiger partial charge in [-0.15, -0.1) is 0 Å². The Kier molecular flexibility index (Phi) is 6.61. The number of aliphatic carboxylic acids is 1. The maximum absolute atomic E-state index is 13.4. The van der Waals surface area contributed by atoms with Gasteiger partial charge in [0.25, 0.3) is 5.91 Å². The van der Waals surface area contributed by atoms with Gasteiger partial charge >= 0.3 is 5.97 Å². The van der Waals surface area contributed by atoms with E-state index in [1.807, 2.05) is 30.3 Å². The molecule has 3 aromatic rings. The van der Waals surface area contributed by atoms with E-state index in [4.69, 9.17) is 11.6 Å². The highest BCUT2D eigenvalue weighted by Crippen LogP contribution is 2.40. The third-order valence-electron chi connectivity index (χ3n) is 6.13. The highest BCUT2D eigenvalue weighted by Gasteiger charge is 2.42. The average molecular weight is 448 g/mol. The normalized spacial score (nSPS) is 18.0. The molecular weight excluding hydrogens is 422 g/mol. The molecule has 164 valence electrons. The van der Waals surface area contributed by atoms with Crippen molar-refractivity contribution in [2.24, 2.45) is 0 Å². The number of rotatable bonds is 6. The van der Waals surface area contributed by atoms with Crippen LogP contribution >= 0.6 is 11.6 Å². The van der Waals surface area contributed by atoms with E-state index in [0.717, 1.165) is 29.5 Å². The van der Waals surface area contributed by atoms with E-state index in [0.29, 0.717) is 23.4 Å². The maximum atomic E-state index is 13.4. The number of aryl methyl sites for hydroxylation is 1. The first-order valence-electron chi connectivity index (χ1n) is 11.0. The summed E-state index contributed by atoms with van der Waals surface area (Å²) in [5, 5.41) is 10.3. The molecule has 0 radical (unpaired) electrons. The molecule has 2 atom stereocenters. The molecule has 0 bridgehead atoms. The van der Waals surface area contributed by atoms with E-state index in [9.17, 15) is 14.7 Å². The molecule has 0 aromatic heterocycles. The molecule has 1 N–H and O–H groups in total. The van der Waals surface area contributed by atoms with Crippen molar-refractivity contribution in [1.82, 2.24) is 4.90 Å². The molecule has 1 amide bonds. The maximum Gasteiger partial charge on any atom is 0.326 e. The molecule has 1 aliphatic rings. The van der Waals surface area contributed by atoms with Crippen LogP contribution in [0, 0.1) is 0 Å². The van der Waals surface area contributed by atoms with Gasteiger partial charge in [-0.05, 0) is 59.7 Å². The number of likely N-dealkylation sites (tertiary alicyclic amines) is 1. The Balaban J connectivity index is 1.61. The Morgan fingerprint density at radius 1 is 0.938 bits per heavy atom. The van der Waals surface area contributed by atoms with E-state index in [1.54, 1.807) is 18.2 Å². The van der Waals surface area contributed by atoms with Crippen molar-refractivity contribution >= 4 is 23.5 Å². The zero-order valence-corrected chi connectivity index (χ0v) is 18.8. The van der Waals surface area contributed by atoms with Crippen LogP contribution in [0.2, 0.25) is 5.02 Å². The summed E-state index contributed by atoms with van der Waals surface area (Å²) in [6, 6.07) is 21.9. The molecule has 1 saturated heterocycles. The van der Waals surface area contributed by atoms with Crippen molar-refractivity contribution in [3.63, 3.8) is 0 Å². The van der Waals surface area contributed by atoms with E-state index in [2.05, 4.69) is 31.2 Å². The highest BCUT2D eigenvalue weighted by molar-refractivity contribution is 6.31. The van der Waals surface area contributed by atoms with Crippen LogP contribution in [0.15, 0.2) is 72.8 Å². The Morgan fingerprint density at radius 2 is 1.56 bits per heavy atom. The smallest absolute Gasteiger partial charge is 0.326 e. The van der Waals surface area contributed by atoms with Crippen molar-refractivity contribution in [2.75, 3.05) is 0 Å². The van der Waals surface area contributed by atoms with E-state index in [-0.39, 0.29) is 11.9 Å². The fourth-order valence-corrected chi connectivity index (χ4v) is 4.76. The molecule has 5 heteroatoms. The second kappa shape index (κ2) is 9.58. The average Bonchev–Trinajstić information content (AvgIpc) is 3.25. The molecule has 0 spiro atoms. The number of hydrogen-bond acceptors (Lipinski definition) is 2. The van der Waals surface area contributed by atoms with Crippen molar-refractivity contribution < 1.29 is 14.7 Å². The van der Waals surface area contributed by atoms with Gasteiger partial charge in [0, 0.05) is 10.6 Å². The first-order valence-corrected chi connectivity index (χ1v) is 11.4. The predicted octanol–water partition coefficient (Wildman–Crippen LogP) is 6.39. The van der Waals surface area contributed by atoms with Crippen LogP contribution in [-0.2, 0) is 11.2 Å². The molecule has 3 aromatic carbocycles. The first-order chi connectivity index (χ1) is 15.5. The Labute approximate surface area is 193 Å². The number of nitrogens with zero attached hydrogens (tertiary/aromatic N) is 1. The number of benzene rings is 3. The summed E-state index contributed by atoms with van der Waals surface area (Å²) in [5.74, 6) is -1.28. The lowest BCUT2D eigenvalue weighted by molar-refractivity contribution is -0.141. The fourth-order valence-electron chi connectivity index (χ4n) is 4.49. The van der Waals surface area contributed by atoms with Gasteiger partial charge in [-0.25, -0.2) is 4.79 Å². The Bertz CT molecular complexity index is 1110. The van der Waals surface area contributed by atoms with Crippen molar-refractivity contribution in [3.8, 4) is 11.1 Å². The summed E-state index contributed by atoms with van der Waals surface area (Å²) in [5.41, 5.74) is 4.67. The van der Waals surface area contributed by atoms with Gasteiger partial charge in [-0.1, -0.05) is 79.5 Å². The van der Waals surface area contributed by atoms with E-state index >= 15 is 0 Å². The molecule has 0 unspecified atom stereocenters. The number of halogens is 1. The zero-order chi connectivity index (χ0) is 22.7. The molecule has 32 heavy (non-hydrogen) atoms. The number of carbonyl (C=O) groups excluding carboxylic acids is 1. The van der Waals surface area contributed by atoms with E-state index in [1.165, 1.54) is 10.5 Å². The summed E-state index contributed by atoms with van der Waals surface area (Å²) in [7, 11) is 0. The molecule has 0 saturated carbocycles. The van der Waals surface area contributed by atoms with Gasteiger partial charge in [-0.2, -0.15) is 0 Å². The number of amides is 1. The van der Waals surface area contributed by atoms with Gasteiger partial charge in [-0.3, -0.25) is 4.79 Å². The summed E-state index contributed by atoms with van der Waals surface area (Å²) < 4.78 is 0. The topological polar surface area (TPSA) is 57.6 Å². The largest absolute Gasteiger partial charge is 0.480 e. The molecule has 4 nitrogen and oxygen atoms in total. The van der Waals surface area contributed by atoms with Gasteiger partial charge in [0.1, 0.15) is 6.04 Å². The van der Waals surface area contributed by atoms with Crippen molar-refractivity contribution in [3.05, 3.63) is 94.5 Å². The summed E-state index contributed by atoms with van der Waals surface area (Å²) in [4.78, 5) is 26.8. The van der Waals surface area contributed by atoms with Gasteiger partial charge in [0.05, 0.1) is 6.04 Å². The number of hydrogen-bond donors (Lipinski definition) is 1. The van der Waals surface area contributed by atoms with Crippen LogP contribution in [-0.4, -0.2) is 27.9 Å². The lowest BCUT2D eigenvalue weighted by Gasteiger charge is -2.29. The highest BCUT2D eigenvalue weighted by atomic mass is 35.5. The molecule has 1 fully saturated rings. The van der Waals surface area contributed by atoms with Crippen LogP contribution < -0.4 is 0 Å². The zero-order valence-electron chi connectivity index (χ0n) is 18.0. The first kappa shape index (κ1) is 22.1.